The van der Waals surface area contributed by atoms with Crippen LogP contribution in [-0.4, -0.2) is 132 Å². The molecule has 20 nitrogen and oxygen atoms in total. The number of amidine groups is 1. The van der Waals surface area contributed by atoms with E-state index < -0.39 is 15.9 Å². The number of imidazole rings is 1. The van der Waals surface area contributed by atoms with E-state index in [1.54, 1.807) is 61.6 Å². The number of carbonyl (C=O) groups excluding carboxylic acids is 3. The SMILES string of the molecule is CCCOc1cccc(Oc2cc3c(cc2NS(=O)(=O)c2cccc(C(=O)NCCOCCOCCN(C)CCOCC(=O)NCCCC(=O)NC4=NN(c5ccc(Cl)c(Cl)c5)CC4C)c2)n(C)c(=O)n3C)c1. The molecule has 0 radical (unpaired) electrons. The number of nitrogens with zero attached hydrogens (tertiary/aromatic N) is 5. The van der Waals surface area contributed by atoms with Crippen LogP contribution in [0.3, 0.4) is 0 Å². The summed E-state index contributed by atoms with van der Waals surface area (Å²) in [5.74, 6) is 0.767. The quantitative estimate of drug-likeness (QED) is 0.0438. The summed E-state index contributed by atoms with van der Waals surface area (Å²) in [5, 5.41) is 15.6. The minimum atomic E-state index is -4.27. The van der Waals surface area contributed by atoms with Crippen molar-refractivity contribution in [3.05, 3.63) is 105 Å². The number of likely N-dealkylation sites (N-methyl/N-ethyl adjacent to an activating group) is 1. The average molecular weight is 1070 g/mol. The first kappa shape index (κ1) is 56.1. The summed E-state index contributed by atoms with van der Waals surface area (Å²) in [6.45, 7) is 8.29. The lowest BCUT2D eigenvalue weighted by Gasteiger charge is -2.16. The van der Waals surface area contributed by atoms with Crippen molar-refractivity contribution >= 4 is 79.2 Å². The number of anilines is 2. The third-order valence-electron chi connectivity index (χ3n) is 11.4. The molecule has 0 fully saturated rings. The number of hydrazone groups is 1. The van der Waals surface area contributed by atoms with Crippen LogP contribution in [0.2, 0.25) is 10.0 Å². The number of rotatable bonds is 28. The van der Waals surface area contributed by atoms with Crippen molar-refractivity contribution in [2.75, 3.05) is 95.8 Å². The maximum atomic E-state index is 13.8. The number of nitrogens with one attached hydrogen (secondary N) is 4. The van der Waals surface area contributed by atoms with Crippen LogP contribution in [0.5, 0.6) is 17.2 Å². The molecule has 23 heteroatoms. The molecular formula is C50H63Cl2N9O11S. The summed E-state index contributed by atoms with van der Waals surface area (Å²) < 4.78 is 61.9. The second kappa shape index (κ2) is 27.2. The number of halogens is 2. The van der Waals surface area contributed by atoms with Gasteiger partial charge in [-0.05, 0) is 74.5 Å². The number of fused-ring (bicyclic) bond motifs is 1. The third kappa shape index (κ3) is 16.4. The fourth-order valence-corrected chi connectivity index (χ4v) is 8.76. The topological polar surface area (TPSA) is 225 Å². The van der Waals surface area contributed by atoms with Crippen LogP contribution in [0.25, 0.3) is 11.0 Å². The first-order valence-corrected chi connectivity index (χ1v) is 26.1. The fraction of sp³-hybridized carbons (Fsp3) is 0.420. The van der Waals surface area contributed by atoms with Crippen LogP contribution in [0.4, 0.5) is 11.4 Å². The van der Waals surface area contributed by atoms with Crippen molar-refractivity contribution in [1.82, 2.24) is 30.0 Å². The minimum absolute atomic E-state index is 0.0106. The number of carbonyl (C=O) groups is 3. The van der Waals surface area contributed by atoms with E-state index in [1.165, 1.54) is 39.5 Å². The van der Waals surface area contributed by atoms with Crippen molar-refractivity contribution in [3.63, 3.8) is 0 Å². The summed E-state index contributed by atoms with van der Waals surface area (Å²) in [4.78, 5) is 52.5. The van der Waals surface area contributed by atoms with Crippen molar-refractivity contribution in [3.8, 4) is 17.2 Å². The summed E-state index contributed by atoms with van der Waals surface area (Å²) in [7, 11) is 0.850. The highest BCUT2D eigenvalue weighted by Gasteiger charge is 2.26. The predicted molar refractivity (Wildman–Crippen MR) is 281 cm³/mol. The van der Waals surface area contributed by atoms with Gasteiger partial charge >= 0.3 is 5.69 Å². The highest BCUT2D eigenvalue weighted by atomic mass is 35.5. The van der Waals surface area contributed by atoms with Gasteiger partial charge in [-0.15, -0.1) is 0 Å². The fourth-order valence-electron chi connectivity index (χ4n) is 7.36. The van der Waals surface area contributed by atoms with E-state index in [4.69, 9.17) is 46.9 Å². The lowest BCUT2D eigenvalue weighted by atomic mass is 10.1. The lowest BCUT2D eigenvalue weighted by molar-refractivity contribution is -0.126. The molecule has 1 aliphatic rings. The van der Waals surface area contributed by atoms with E-state index in [9.17, 15) is 27.6 Å². The lowest BCUT2D eigenvalue weighted by Crippen LogP contribution is -2.35. The number of hydrogen-bond acceptors (Lipinski definition) is 14. The zero-order chi connectivity index (χ0) is 52.5. The monoisotopic (exact) mass is 1070 g/mol. The molecule has 1 unspecified atom stereocenters. The molecule has 1 aromatic heterocycles. The molecule has 1 atom stereocenters. The highest BCUT2D eigenvalue weighted by molar-refractivity contribution is 7.92. The maximum Gasteiger partial charge on any atom is 0.328 e. The molecule has 73 heavy (non-hydrogen) atoms. The van der Waals surface area contributed by atoms with E-state index in [1.807, 2.05) is 31.9 Å². The number of ether oxygens (including phenoxy) is 5. The Morgan fingerprint density at radius 2 is 1.51 bits per heavy atom. The number of sulfonamides is 1. The van der Waals surface area contributed by atoms with E-state index in [2.05, 4.69) is 25.8 Å². The van der Waals surface area contributed by atoms with Gasteiger partial charge in [-0.2, -0.15) is 5.10 Å². The Balaban J connectivity index is 0.823. The van der Waals surface area contributed by atoms with Crippen LogP contribution in [0.1, 0.15) is 43.5 Å². The first-order valence-electron chi connectivity index (χ1n) is 23.8. The smallest absolute Gasteiger partial charge is 0.328 e. The van der Waals surface area contributed by atoms with Gasteiger partial charge in [-0.25, -0.2) is 13.2 Å². The van der Waals surface area contributed by atoms with Gasteiger partial charge in [0.05, 0.1) is 83.5 Å². The Hall–Kier alpha value is -6.20. The molecule has 4 N–H and O–H groups in total. The largest absolute Gasteiger partial charge is 0.493 e. The van der Waals surface area contributed by atoms with Crippen LogP contribution in [0.15, 0.2) is 93.7 Å². The molecule has 0 saturated carbocycles. The number of hydrogen-bond donors (Lipinski definition) is 4. The van der Waals surface area contributed by atoms with Crippen molar-refractivity contribution in [1.29, 1.82) is 0 Å². The molecule has 0 saturated heterocycles. The van der Waals surface area contributed by atoms with E-state index >= 15 is 0 Å². The van der Waals surface area contributed by atoms with Gasteiger partial charge in [0.1, 0.15) is 23.9 Å². The Labute approximate surface area is 434 Å². The number of aryl methyl sites for hydroxylation is 2. The second-order valence-electron chi connectivity index (χ2n) is 17.2. The molecule has 5 aromatic rings. The maximum absolute atomic E-state index is 13.8. The molecule has 3 amide bonds. The minimum Gasteiger partial charge on any atom is -0.493 e. The summed E-state index contributed by atoms with van der Waals surface area (Å²) in [5.41, 5.74) is 1.69. The Bertz CT molecular complexity index is 2910. The number of benzene rings is 4. The highest BCUT2D eigenvalue weighted by Crippen LogP contribution is 2.36. The second-order valence-corrected chi connectivity index (χ2v) is 19.7. The molecule has 1 aliphatic heterocycles. The van der Waals surface area contributed by atoms with E-state index in [0.717, 1.165) is 12.1 Å². The van der Waals surface area contributed by atoms with Gasteiger partial charge in [0, 0.05) is 70.3 Å². The van der Waals surface area contributed by atoms with Crippen LogP contribution in [-0.2, 0) is 47.9 Å². The normalized spacial score (nSPS) is 13.6. The van der Waals surface area contributed by atoms with E-state index in [0.29, 0.717) is 104 Å². The molecule has 2 heterocycles. The van der Waals surface area contributed by atoms with Crippen molar-refractivity contribution in [2.24, 2.45) is 25.1 Å². The molecule has 4 aromatic carbocycles. The zero-order valence-corrected chi connectivity index (χ0v) is 43.9. The van der Waals surface area contributed by atoms with Gasteiger partial charge in [-0.1, -0.05) is 49.2 Å². The Morgan fingerprint density at radius 3 is 2.26 bits per heavy atom. The van der Waals surface area contributed by atoms with Crippen molar-refractivity contribution < 1.29 is 46.5 Å². The van der Waals surface area contributed by atoms with Gasteiger partial charge in [0.2, 0.25) is 11.8 Å². The molecular weight excluding hydrogens is 1010 g/mol. The summed E-state index contributed by atoms with van der Waals surface area (Å²) >= 11 is 12.2. The molecule has 6 rings (SSSR count). The molecule has 0 bridgehead atoms. The zero-order valence-electron chi connectivity index (χ0n) is 41.6. The van der Waals surface area contributed by atoms with Gasteiger partial charge in [0.15, 0.2) is 5.75 Å². The molecule has 0 spiro atoms. The first-order chi connectivity index (χ1) is 35.0. The van der Waals surface area contributed by atoms with Crippen LogP contribution >= 0.6 is 23.2 Å². The average Bonchev–Trinajstić information content (AvgIpc) is 3.83. The Morgan fingerprint density at radius 1 is 0.795 bits per heavy atom. The van der Waals surface area contributed by atoms with Crippen LogP contribution < -0.4 is 40.8 Å². The standard InChI is InChI=1S/C50H63Cl2N9O11S/c1-6-21-71-37-11-8-12-38(29-37)72-45-31-44-43(59(4)50(65)60(44)5)30-42(45)57-73(66,67)39-13-7-10-35(27-39)49(64)54-18-22-68-25-26-69-23-19-58(3)20-24-70-33-47(63)53-17-9-14-46(62)55-48-34(2)32-61(56-48)36-15-16-40(51)41(52)28-36/h7-8,10-13,15-16,27-31,34,57H,6,9,14,17-26,32-33H2,1-5H3,(H,53,63)(H,54,64)(H,55,56,62). The van der Waals surface area contributed by atoms with Gasteiger partial charge < -0.3 is 44.5 Å². The summed E-state index contributed by atoms with van der Waals surface area (Å²) in [6, 6.07) is 21.0. The number of amides is 3. The van der Waals surface area contributed by atoms with Gasteiger partial charge in [0.25, 0.3) is 15.9 Å². The Kier molecular flexibility index (Phi) is 20.9. The molecule has 0 aliphatic carbocycles. The molecule has 394 valence electrons. The summed E-state index contributed by atoms with van der Waals surface area (Å²) in [6.07, 6.45) is 1.49. The number of aromatic nitrogens is 2. The van der Waals surface area contributed by atoms with Crippen LogP contribution in [0, 0.1) is 5.92 Å². The van der Waals surface area contributed by atoms with E-state index in [-0.39, 0.29) is 71.5 Å². The van der Waals surface area contributed by atoms with Crippen molar-refractivity contribution in [2.45, 2.75) is 38.0 Å². The third-order valence-corrected chi connectivity index (χ3v) is 13.5. The van der Waals surface area contributed by atoms with Gasteiger partial charge in [-0.3, -0.25) is 33.2 Å². The predicted octanol–water partition coefficient (Wildman–Crippen LogP) is 5.76.